The van der Waals surface area contributed by atoms with Crippen LogP contribution in [0.5, 0.6) is 5.75 Å². The summed E-state index contributed by atoms with van der Waals surface area (Å²) in [5.74, 6) is -0.280. The molecule has 0 aliphatic rings. The zero-order valence-corrected chi connectivity index (χ0v) is 12.7. The van der Waals surface area contributed by atoms with Gasteiger partial charge in [0.2, 0.25) is 0 Å². The van der Waals surface area contributed by atoms with Crippen molar-refractivity contribution in [3.63, 3.8) is 0 Å². The van der Waals surface area contributed by atoms with Crippen LogP contribution in [0.15, 0.2) is 47.4 Å². The molecule has 0 saturated carbocycles. The molecule has 21 heavy (non-hydrogen) atoms. The number of rotatable bonds is 3. The molecule has 2 aromatic carbocycles. The first-order valence-electron chi connectivity index (χ1n) is 5.77. The second kappa shape index (κ2) is 5.15. The molecule has 0 saturated heterocycles. The fourth-order valence-corrected chi connectivity index (χ4v) is 3.24. The molecule has 0 fully saturated rings. The maximum absolute atomic E-state index is 12.2. The van der Waals surface area contributed by atoms with Gasteiger partial charge in [-0.15, -0.1) is 0 Å². The van der Waals surface area contributed by atoms with Crippen molar-refractivity contribution in [2.75, 3.05) is 4.72 Å². The summed E-state index contributed by atoms with van der Waals surface area (Å²) in [6.07, 6.45) is 0. The molecule has 0 unspecified atom stereocenters. The van der Waals surface area contributed by atoms with Crippen molar-refractivity contribution in [2.45, 2.75) is 4.90 Å². The number of fused-ring (bicyclic) bond motifs is 1. The molecule has 2 N–H and O–H groups in total. The van der Waals surface area contributed by atoms with Crippen molar-refractivity contribution in [1.82, 2.24) is 13.4 Å². The summed E-state index contributed by atoms with van der Waals surface area (Å²) in [6, 6.07) is 10.9. The van der Waals surface area contributed by atoms with Crippen molar-refractivity contribution in [3.05, 3.63) is 42.5 Å². The molecule has 9 heteroatoms. The van der Waals surface area contributed by atoms with E-state index < -0.39 is 10.0 Å². The minimum atomic E-state index is -3.77. The number of benzene rings is 2. The number of aromatic hydroxyl groups is 1. The first-order chi connectivity index (χ1) is 9.99. The average Bonchev–Trinajstić information content (AvgIpc) is 2.85. The number of phenolic OH excluding ortho intramolecular Hbond substituents is 1. The van der Waals surface area contributed by atoms with Crippen LogP contribution in [0.25, 0.3) is 11.0 Å². The standard InChI is InChI=1S/C12H9N4O3S.Ag/c17-12-10(7-6-9-11(12)14-16-13-9)15-20(18,19)8-4-2-1-3-5-8;/h1-7H,(H2-,13,14,15,16,17);/q-1;+1. The Bertz CT molecular complexity index is 909. The fourth-order valence-electron chi connectivity index (χ4n) is 1.82. The van der Waals surface area contributed by atoms with Gasteiger partial charge >= 0.3 is 133 Å². The minimum absolute atomic E-state index is 0.0408. The number of nitrogens with zero attached hydrogens (tertiary/aromatic N) is 3. The molecule has 0 radical (unpaired) electrons. The number of hydrogen-bond donors (Lipinski definition) is 2. The van der Waals surface area contributed by atoms with Crippen LogP contribution in [0.1, 0.15) is 0 Å². The Morgan fingerprint density at radius 2 is 1.86 bits per heavy atom. The van der Waals surface area contributed by atoms with Crippen molar-refractivity contribution < 1.29 is 34.9 Å². The van der Waals surface area contributed by atoms with E-state index in [0.29, 0.717) is 5.52 Å². The van der Waals surface area contributed by atoms with E-state index in [1.54, 1.807) is 24.3 Å². The fraction of sp³-hybridized carbons (Fsp3) is 0. The second-order valence-corrected chi connectivity index (χ2v) is 6.48. The predicted octanol–water partition coefficient (Wildman–Crippen LogP) is 1.25. The topological polar surface area (TPSA) is 97.1 Å². The Morgan fingerprint density at radius 3 is 2.57 bits per heavy atom. The molecule has 3 aromatic rings. The van der Waals surface area contributed by atoms with Gasteiger partial charge in [-0.2, -0.15) is 0 Å². The van der Waals surface area contributed by atoms with Gasteiger partial charge in [-0.1, -0.05) is 0 Å². The van der Waals surface area contributed by atoms with Gasteiger partial charge in [0.25, 0.3) is 0 Å². The molecule has 0 bridgehead atoms. The van der Waals surface area contributed by atoms with Gasteiger partial charge in [0.15, 0.2) is 0 Å². The zero-order chi connectivity index (χ0) is 15.0. The molecular weight excluding hydrogens is 388 g/mol. The summed E-state index contributed by atoms with van der Waals surface area (Å²) in [4.78, 5) is 0.105. The van der Waals surface area contributed by atoms with Crippen molar-refractivity contribution in [2.24, 2.45) is 0 Å². The summed E-state index contributed by atoms with van der Waals surface area (Å²) < 4.78 is 28.1. The monoisotopic (exact) mass is 396 g/mol. The van der Waals surface area contributed by atoms with Crippen LogP contribution in [-0.2, 0) is 31.4 Å². The van der Waals surface area contributed by atoms with Gasteiger partial charge in [-0.05, 0) is 0 Å². The molecular formula is C12H9AgN4O3S. The third kappa shape index (κ3) is 2.54. The molecule has 0 aliphatic heterocycles. The normalized spacial score (nSPS) is 11.7. The molecule has 7 nitrogen and oxygen atoms in total. The SMILES string of the molecule is O=S(=O)(Nc1ccc2c(nn[n]2[Ag])c1O)c1ccccc1. The van der Waals surface area contributed by atoms with Crippen LogP contribution in [0.4, 0.5) is 5.69 Å². The Balaban J connectivity index is 2.04. The number of phenols is 1. The Morgan fingerprint density at radius 1 is 1.14 bits per heavy atom. The van der Waals surface area contributed by atoms with Crippen LogP contribution >= 0.6 is 0 Å². The molecule has 0 amide bonds. The Kier molecular flexibility index (Phi) is 3.46. The predicted molar refractivity (Wildman–Crippen MR) is 71.8 cm³/mol. The molecule has 0 atom stereocenters. The van der Waals surface area contributed by atoms with Crippen molar-refractivity contribution in [3.8, 4) is 5.75 Å². The number of anilines is 1. The quantitative estimate of drug-likeness (QED) is 0.512. The summed E-state index contributed by atoms with van der Waals surface area (Å²) in [6.45, 7) is 0. The summed E-state index contributed by atoms with van der Waals surface area (Å²) in [5.41, 5.74) is 0.757. The van der Waals surface area contributed by atoms with Crippen molar-refractivity contribution >= 4 is 26.7 Å². The van der Waals surface area contributed by atoms with Crippen LogP contribution in [0.3, 0.4) is 0 Å². The van der Waals surface area contributed by atoms with Crippen LogP contribution < -0.4 is 4.72 Å². The van der Waals surface area contributed by atoms with E-state index in [-0.39, 0.29) is 21.8 Å². The third-order valence-electron chi connectivity index (χ3n) is 2.82. The molecule has 3 rings (SSSR count). The van der Waals surface area contributed by atoms with Crippen LogP contribution in [-0.4, -0.2) is 26.9 Å². The summed E-state index contributed by atoms with van der Waals surface area (Å²) in [7, 11) is -3.77. The Hall–Kier alpha value is -1.87. The molecule has 1 aromatic heterocycles. The molecule has 0 spiro atoms. The van der Waals surface area contributed by atoms with E-state index in [9.17, 15) is 13.5 Å². The number of aromatic nitrogens is 3. The maximum atomic E-state index is 12.2. The van der Waals surface area contributed by atoms with Gasteiger partial charge < -0.3 is 0 Å². The number of sulfonamides is 1. The van der Waals surface area contributed by atoms with Gasteiger partial charge in [-0.25, -0.2) is 0 Å². The van der Waals surface area contributed by atoms with Gasteiger partial charge in [0.1, 0.15) is 0 Å². The first kappa shape index (κ1) is 14.1. The van der Waals surface area contributed by atoms with E-state index in [2.05, 4.69) is 36.4 Å². The first-order valence-corrected chi connectivity index (χ1v) is 7.91. The molecule has 112 valence electrons. The number of nitrogens with one attached hydrogen (secondary N) is 1. The number of hydrogen-bond acceptors (Lipinski definition) is 5. The van der Waals surface area contributed by atoms with Crippen LogP contribution in [0.2, 0.25) is 0 Å². The van der Waals surface area contributed by atoms with Crippen molar-refractivity contribution in [1.29, 1.82) is 0 Å². The van der Waals surface area contributed by atoms with E-state index in [1.165, 1.54) is 21.3 Å². The van der Waals surface area contributed by atoms with Gasteiger partial charge in [-0.3, -0.25) is 0 Å². The summed E-state index contributed by atoms with van der Waals surface area (Å²) in [5, 5.41) is 17.6. The van der Waals surface area contributed by atoms with Crippen LogP contribution in [0, 0.1) is 0 Å². The molecule has 1 heterocycles. The van der Waals surface area contributed by atoms with E-state index in [1.807, 2.05) is 0 Å². The summed E-state index contributed by atoms with van der Waals surface area (Å²) >= 11 is 3.14. The van der Waals surface area contributed by atoms with Gasteiger partial charge in [0.05, 0.1) is 0 Å². The van der Waals surface area contributed by atoms with E-state index >= 15 is 0 Å². The van der Waals surface area contributed by atoms with E-state index in [0.717, 1.165) is 0 Å². The molecule has 0 aliphatic carbocycles. The van der Waals surface area contributed by atoms with Gasteiger partial charge in [0, 0.05) is 0 Å². The third-order valence-corrected chi connectivity index (χ3v) is 4.70. The van der Waals surface area contributed by atoms with E-state index in [4.69, 9.17) is 0 Å². The second-order valence-electron chi connectivity index (χ2n) is 4.17. The Labute approximate surface area is 132 Å². The zero-order valence-electron chi connectivity index (χ0n) is 10.4. The average molecular weight is 397 g/mol.